The van der Waals surface area contributed by atoms with Crippen molar-refractivity contribution in [3.8, 4) is 18.1 Å². The fourth-order valence-electron chi connectivity index (χ4n) is 1.70. The molecule has 0 bridgehead atoms. The van der Waals surface area contributed by atoms with Crippen LogP contribution in [0.25, 0.3) is 10.8 Å². The summed E-state index contributed by atoms with van der Waals surface area (Å²) in [6.07, 6.45) is 5.05. The molecule has 0 saturated carbocycles. The zero-order valence-corrected chi connectivity index (χ0v) is 10.9. The first kappa shape index (κ1) is 13.3. The lowest BCUT2D eigenvalue weighted by molar-refractivity contribution is -0.122. The summed E-state index contributed by atoms with van der Waals surface area (Å²) in [6, 6.07) is 11.1. The molecule has 0 atom stereocenters. The van der Waals surface area contributed by atoms with Crippen molar-refractivity contribution in [2.24, 2.45) is 0 Å². The number of benzene rings is 2. The molecule has 0 aromatic heterocycles. The van der Waals surface area contributed by atoms with Crippen LogP contribution in [0.15, 0.2) is 36.4 Å². The van der Waals surface area contributed by atoms with Gasteiger partial charge in [0.05, 0.1) is 6.54 Å². The zero-order chi connectivity index (χ0) is 13.7. The Morgan fingerprint density at radius 1 is 1.26 bits per heavy atom. The predicted molar refractivity (Wildman–Crippen MR) is 76.3 cm³/mol. The fourth-order valence-corrected chi connectivity index (χ4v) is 1.93. The quantitative estimate of drug-likeness (QED) is 0.870. The van der Waals surface area contributed by atoms with Gasteiger partial charge in [0.15, 0.2) is 6.61 Å². The van der Waals surface area contributed by atoms with E-state index < -0.39 is 0 Å². The normalized spacial score (nSPS) is 9.89. The highest BCUT2D eigenvalue weighted by molar-refractivity contribution is 6.35. The second kappa shape index (κ2) is 6.12. The first-order chi connectivity index (χ1) is 9.22. The van der Waals surface area contributed by atoms with Gasteiger partial charge < -0.3 is 10.1 Å². The maximum atomic E-state index is 11.4. The molecule has 0 fully saturated rings. The SMILES string of the molecule is C#CCNC(=O)COc1ccc(Cl)c2ccccc12. The number of hydrogen-bond acceptors (Lipinski definition) is 2. The van der Waals surface area contributed by atoms with Crippen LogP contribution in [0.2, 0.25) is 5.02 Å². The summed E-state index contributed by atoms with van der Waals surface area (Å²) >= 11 is 6.10. The largest absolute Gasteiger partial charge is 0.483 e. The van der Waals surface area contributed by atoms with E-state index in [1.54, 1.807) is 12.1 Å². The van der Waals surface area contributed by atoms with Gasteiger partial charge in [-0.15, -0.1) is 6.42 Å². The molecule has 1 amide bonds. The highest BCUT2D eigenvalue weighted by Crippen LogP contribution is 2.31. The lowest BCUT2D eigenvalue weighted by Gasteiger charge is -2.09. The molecule has 0 aliphatic carbocycles. The Balaban J connectivity index is 2.16. The van der Waals surface area contributed by atoms with Gasteiger partial charge in [-0.2, -0.15) is 0 Å². The summed E-state index contributed by atoms with van der Waals surface area (Å²) < 4.78 is 5.49. The van der Waals surface area contributed by atoms with Gasteiger partial charge in [0.25, 0.3) is 5.91 Å². The van der Waals surface area contributed by atoms with Gasteiger partial charge in [-0.25, -0.2) is 0 Å². The molecule has 1 N–H and O–H groups in total. The molecule has 0 aliphatic heterocycles. The van der Waals surface area contributed by atoms with Crippen molar-refractivity contribution >= 4 is 28.3 Å². The van der Waals surface area contributed by atoms with E-state index in [9.17, 15) is 4.79 Å². The summed E-state index contributed by atoms with van der Waals surface area (Å²) in [7, 11) is 0. The topological polar surface area (TPSA) is 38.3 Å². The standard InChI is InChI=1S/C15H12ClNO2/c1-2-9-17-15(18)10-19-14-8-7-13(16)11-5-3-4-6-12(11)14/h1,3-8H,9-10H2,(H,17,18). The zero-order valence-electron chi connectivity index (χ0n) is 10.2. The van der Waals surface area contributed by atoms with Crippen molar-refractivity contribution in [2.45, 2.75) is 0 Å². The molecule has 2 rings (SSSR count). The van der Waals surface area contributed by atoms with Crippen molar-refractivity contribution in [1.82, 2.24) is 5.32 Å². The number of carbonyl (C=O) groups excluding carboxylic acids is 1. The summed E-state index contributed by atoms with van der Waals surface area (Å²) in [5.74, 6) is 2.70. The number of terminal acetylenes is 1. The molecule has 2 aromatic rings. The Morgan fingerprint density at radius 3 is 2.74 bits per heavy atom. The second-order valence-electron chi connectivity index (χ2n) is 3.86. The highest BCUT2D eigenvalue weighted by Gasteiger charge is 2.07. The maximum Gasteiger partial charge on any atom is 0.258 e. The lowest BCUT2D eigenvalue weighted by atomic mass is 10.1. The van der Waals surface area contributed by atoms with Crippen LogP contribution in [-0.2, 0) is 4.79 Å². The summed E-state index contributed by atoms with van der Waals surface area (Å²) in [4.78, 5) is 11.4. The molecule has 0 heterocycles. The van der Waals surface area contributed by atoms with Crippen LogP contribution in [0.1, 0.15) is 0 Å². The molecular formula is C15H12ClNO2. The monoisotopic (exact) mass is 273 g/mol. The molecule has 3 nitrogen and oxygen atoms in total. The van der Waals surface area contributed by atoms with E-state index in [2.05, 4.69) is 11.2 Å². The summed E-state index contributed by atoms with van der Waals surface area (Å²) in [5, 5.41) is 4.96. The number of halogens is 1. The number of hydrogen-bond donors (Lipinski definition) is 1. The summed E-state index contributed by atoms with van der Waals surface area (Å²) in [5.41, 5.74) is 0. The van der Waals surface area contributed by atoms with Gasteiger partial charge >= 0.3 is 0 Å². The smallest absolute Gasteiger partial charge is 0.258 e. The van der Waals surface area contributed by atoms with Crippen LogP contribution in [0, 0.1) is 12.3 Å². The van der Waals surface area contributed by atoms with E-state index in [0.717, 1.165) is 10.8 Å². The van der Waals surface area contributed by atoms with Gasteiger partial charge in [-0.05, 0) is 12.1 Å². The van der Waals surface area contributed by atoms with Gasteiger partial charge in [0.1, 0.15) is 5.75 Å². The molecule has 0 aliphatic rings. The van der Waals surface area contributed by atoms with E-state index in [1.807, 2.05) is 24.3 Å². The first-order valence-corrected chi connectivity index (χ1v) is 6.10. The van der Waals surface area contributed by atoms with E-state index >= 15 is 0 Å². The molecule has 0 spiro atoms. The van der Waals surface area contributed by atoms with Crippen LogP contribution in [0.4, 0.5) is 0 Å². The molecule has 96 valence electrons. The third-order valence-corrected chi connectivity index (χ3v) is 2.91. The number of rotatable bonds is 4. The van der Waals surface area contributed by atoms with Crippen molar-refractivity contribution in [2.75, 3.05) is 13.2 Å². The number of fused-ring (bicyclic) bond motifs is 1. The van der Waals surface area contributed by atoms with Crippen LogP contribution in [0.3, 0.4) is 0 Å². The van der Waals surface area contributed by atoms with Gasteiger partial charge in [-0.1, -0.05) is 41.8 Å². The Kier molecular flexibility index (Phi) is 4.27. The number of ether oxygens (including phenoxy) is 1. The lowest BCUT2D eigenvalue weighted by Crippen LogP contribution is -2.29. The van der Waals surface area contributed by atoms with Crippen molar-refractivity contribution in [1.29, 1.82) is 0 Å². The van der Waals surface area contributed by atoms with E-state index in [1.165, 1.54) is 0 Å². The van der Waals surface area contributed by atoms with Gasteiger partial charge in [0.2, 0.25) is 0 Å². The molecule has 0 radical (unpaired) electrons. The molecule has 19 heavy (non-hydrogen) atoms. The molecule has 0 unspecified atom stereocenters. The van der Waals surface area contributed by atoms with Crippen LogP contribution in [0.5, 0.6) is 5.75 Å². The van der Waals surface area contributed by atoms with E-state index in [4.69, 9.17) is 22.8 Å². The first-order valence-electron chi connectivity index (χ1n) is 5.72. The van der Waals surface area contributed by atoms with E-state index in [0.29, 0.717) is 10.8 Å². The number of carbonyl (C=O) groups is 1. The predicted octanol–water partition coefficient (Wildman–Crippen LogP) is 2.62. The third kappa shape index (κ3) is 3.18. The van der Waals surface area contributed by atoms with Crippen LogP contribution in [-0.4, -0.2) is 19.1 Å². The van der Waals surface area contributed by atoms with Crippen LogP contribution >= 0.6 is 11.6 Å². The molecule has 0 saturated heterocycles. The van der Waals surface area contributed by atoms with Crippen LogP contribution < -0.4 is 10.1 Å². The van der Waals surface area contributed by atoms with Crippen molar-refractivity contribution < 1.29 is 9.53 Å². The molecular weight excluding hydrogens is 262 g/mol. The average Bonchev–Trinajstić information content (AvgIpc) is 2.45. The van der Waals surface area contributed by atoms with Gasteiger partial charge in [-0.3, -0.25) is 4.79 Å². The van der Waals surface area contributed by atoms with E-state index in [-0.39, 0.29) is 19.1 Å². The van der Waals surface area contributed by atoms with Crippen molar-refractivity contribution in [3.05, 3.63) is 41.4 Å². The maximum absolute atomic E-state index is 11.4. The Hall–Kier alpha value is -2.18. The Labute approximate surface area is 116 Å². The second-order valence-corrected chi connectivity index (χ2v) is 4.27. The average molecular weight is 274 g/mol. The Morgan fingerprint density at radius 2 is 2.00 bits per heavy atom. The summed E-state index contributed by atoms with van der Waals surface area (Å²) in [6.45, 7) is 0.122. The minimum atomic E-state index is -0.253. The third-order valence-electron chi connectivity index (χ3n) is 2.58. The molecule has 4 heteroatoms. The fraction of sp³-hybridized carbons (Fsp3) is 0.133. The highest BCUT2D eigenvalue weighted by atomic mass is 35.5. The van der Waals surface area contributed by atoms with Crippen molar-refractivity contribution in [3.63, 3.8) is 0 Å². The molecule has 2 aromatic carbocycles. The van der Waals surface area contributed by atoms with Gasteiger partial charge in [0, 0.05) is 15.8 Å². The Bertz CT molecular complexity index is 646. The number of nitrogens with one attached hydrogen (secondary N) is 1. The number of amides is 1. The minimum Gasteiger partial charge on any atom is -0.483 e. The minimum absolute atomic E-state index is 0.0761.